The number of likely N-dealkylation sites (N-methyl/N-ethyl adjacent to an activating group) is 1. The summed E-state index contributed by atoms with van der Waals surface area (Å²) in [5.41, 5.74) is 3.25. The standard InChI is InChI=1S/C15H24N2O2/c1-5-16-14(19)9-17-10(2)6-11-12(17)7-15(3,4)8-13(11)18/h6,13,18H,5,7-9H2,1-4H3,(H,16,19). The van der Waals surface area contributed by atoms with Gasteiger partial charge < -0.3 is 15.0 Å². The summed E-state index contributed by atoms with van der Waals surface area (Å²) >= 11 is 0. The molecule has 1 heterocycles. The summed E-state index contributed by atoms with van der Waals surface area (Å²) < 4.78 is 2.05. The molecule has 19 heavy (non-hydrogen) atoms. The summed E-state index contributed by atoms with van der Waals surface area (Å²) in [6.07, 6.45) is 1.28. The van der Waals surface area contributed by atoms with E-state index in [1.54, 1.807) is 0 Å². The maximum atomic E-state index is 11.8. The molecule has 0 aliphatic heterocycles. The summed E-state index contributed by atoms with van der Waals surface area (Å²) in [7, 11) is 0. The second-order valence-electron chi connectivity index (χ2n) is 6.29. The molecule has 106 valence electrons. The number of hydrogen-bond acceptors (Lipinski definition) is 2. The van der Waals surface area contributed by atoms with E-state index in [4.69, 9.17) is 0 Å². The Balaban J connectivity index is 2.33. The molecule has 0 saturated carbocycles. The number of aliphatic hydroxyl groups is 1. The number of aromatic nitrogens is 1. The number of carbonyl (C=O) groups is 1. The summed E-state index contributed by atoms with van der Waals surface area (Å²) in [5.74, 6) is 0.0295. The Morgan fingerprint density at radius 2 is 2.26 bits per heavy atom. The fourth-order valence-electron chi connectivity index (χ4n) is 3.02. The number of nitrogens with zero attached hydrogens (tertiary/aromatic N) is 1. The van der Waals surface area contributed by atoms with Gasteiger partial charge in [0.2, 0.25) is 5.91 Å². The second-order valence-corrected chi connectivity index (χ2v) is 6.29. The average molecular weight is 264 g/mol. The van der Waals surface area contributed by atoms with Crippen LogP contribution in [0.3, 0.4) is 0 Å². The molecule has 1 aromatic heterocycles. The van der Waals surface area contributed by atoms with Crippen LogP contribution in [-0.2, 0) is 17.8 Å². The Labute approximate surface area is 114 Å². The first-order chi connectivity index (χ1) is 8.84. The second kappa shape index (κ2) is 5.00. The van der Waals surface area contributed by atoms with Crippen LogP contribution < -0.4 is 5.32 Å². The summed E-state index contributed by atoms with van der Waals surface area (Å²) in [6, 6.07) is 2.02. The quantitative estimate of drug-likeness (QED) is 0.876. The van der Waals surface area contributed by atoms with E-state index in [0.717, 1.165) is 29.8 Å². The van der Waals surface area contributed by atoms with Crippen LogP contribution in [0.4, 0.5) is 0 Å². The molecule has 1 unspecified atom stereocenters. The number of hydrogen-bond donors (Lipinski definition) is 2. The topological polar surface area (TPSA) is 54.3 Å². The molecule has 1 aliphatic carbocycles. The van der Waals surface area contributed by atoms with E-state index >= 15 is 0 Å². The molecule has 0 bridgehead atoms. The molecule has 0 radical (unpaired) electrons. The van der Waals surface area contributed by atoms with Crippen molar-refractivity contribution in [1.82, 2.24) is 9.88 Å². The lowest BCUT2D eigenvalue weighted by atomic mass is 9.75. The third-order valence-electron chi connectivity index (χ3n) is 3.88. The summed E-state index contributed by atoms with van der Waals surface area (Å²) in [6.45, 7) is 9.24. The van der Waals surface area contributed by atoms with E-state index in [-0.39, 0.29) is 11.3 Å². The molecule has 1 aliphatic rings. The highest BCUT2D eigenvalue weighted by Gasteiger charge is 2.34. The summed E-state index contributed by atoms with van der Waals surface area (Å²) in [5, 5.41) is 13.1. The van der Waals surface area contributed by atoms with Gasteiger partial charge in [0, 0.05) is 23.5 Å². The lowest BCUT2D eigenvalue weighted by Crippen LogP contribution is -2.31. The van der Waals surface area contributed by atoms with Gasteiger partial charge in [0.05, 0.1) is 6.10 Å². The van der Waals surface area contributed by atoms with Crippen molar-refractivity contribution in [3.63, 3.8) is 0 Å². The Morgan fingerprint density at radius 1 is 1.58 bits per heavy atom. The van der Waals surface area contributed by atoms with E-state index in [9.17, 15) is 9.90 Å². The van der Waals surface area contributed by atoms with E-state index in [1.165, 1.54) is 0 Å². The minimum absolute atomic E-state index is 0.0295. The largest absolute Gasteiger partial charge is 0.388 e. The first kappa shape index (κ1) is 14.1. The Kier molecular flexibility index (Phi) is 3.72. The van der Waals surface area contributed by atoms with E-state index in [0.29, 0.717) is 13.1 Å². The van der Waals surface area contributed by atoms with E-state index < -0.39 is 6.10 Å². The number of aliphatic hydroxyl groups excluding tert-OH is 1. The van der Waals surface area contributed by atoms with Gasteiger partial charge in [-0.1, -0.05) is 13.8 Å². The highest BCUT2D eigenvalue weighted by Crippen LogP contribution is 2.41. The van der Waals surface area contributed by atoms with Gasteiger partial charge in [-0.3, -0.25) is 4.79 Å². The minimum atomic E-state index is -0.409. The molecular formula is C15H24N2O2. The van der Waals surface area contributed by atoms with Crippen LogP contribution in [0.2, 0.25) is 0 Å². The van der Waals surface area contributed by atoms with Crippen LogP contribution in [0.1, 0.15) is 50.2 Å². The van der Waals surface area contributed by atoms with Crippen molar-refractivity contribution in [2.45, 2.75) is 53.2 Å². The summed E-state index contributed by atoms with van der Waals surface area (Å²) in [4.78, 5) is 11.8. The van der Waals surface area contributed by atoms with Crippen molar-refractivity contribution in [2.75, 3.05) is 6.54 Å². The molecular weight excluding hydrogens is 240 g/mol. The number of amides is 1. The highest BCUT2D eigenvalue weighted by molar-refractivity contribution is 5.76. The van der Waals surface area contributed by atoms with Gasteiger partial charge in [-0.2, -0.15) is 0 Å². The molecule has 2 N–H and O–H groups in total. The maximum absolute atomic E-state index is 11.8. The monoisotopic (exact) mass is 264 g/mol. The predicted molar refractivity (Wildman–Crippen MR) is 74.9 cm³/mol. The van der Waals surface area contributed by atoms with Crippen molar-refractivity contribution < 1.29 is 9.90 Å². The Morgan fingerprint density at radius 3 is 2.89 bits per heavy atom. The zero-order valence-corrected chi connectivity index (χ0v) is 12.3. The molecule has 0 saturated heterocycles. The molecule has 0 spiro atoms. The fourth-order valence-corrected chi connectivity index (χ4v) is 3.02. The zero-order valence-electron chi connectivity index (χ0n) is 12.3. The minimum Gasteiger partial charge on any atom is -0.388 e. The SMILES string of the molecule is CCNC(=O)Cn1c(C)cc2c1CC(C)(C)CC2O. The van der Waals surface area contributed by atoms with Gasteiger partial charge in [0.1, 0.15) is 6.54 Å². The van der Waals surface area contributed by atoms with Crippen molar-refractivity contribution in [2.24, 2.45) is 5.41 Å². The van der Waals surface area contributed by atoms with Gasteiger partial charge in [-0.25, -0.2) is 0 Å². The van der Waals surface area contributed by atoms with Gasteiger partial charge in [0.15, 0.2) is 0 Å². The van der Waals surface area contributed by atoms with Gasteiger partial charge >= 0.3 is 0 Å². The smallest absolute Gasteiger partial charge is 0.239 e. The Bertz CT molecular complexity index is 489. The maximum Gasteiger partial charge on any atom is 0.239 e. The predicted octanol–water partition coefficient (Wildman–Crippen LogP) is 1.94. The average Bonchev–Trinajstić information content (AvgIpc) is 2.56. The molecule has 0 fully saturated rings. The number of rotatable bonds is 3. The van der Waals surface area contributed by atoms with Crippen LogP contribution >= 0.6 is 0 Å². The molecule has 4 heteroatoms. The van der Waals surface area contributed by atoms with Gasteiger partial charge in [-0.15, -0.1) is 0 Å². The van der Waals surface area contributed by atoms with Crippen LogP contribution in [-0.4, -0.2) is 22.1 Å². The van der Waals surface area contributed by atoms with Gasteiger partial charge in [-0.05, 0) is 38.2 Å². The number of aryl methyl sites for hydroxylation is 1. The van der Waals surface area contributed by atoms with Crippen molar-refractivity contribution in [3.05, 3.63) is 23.0 Å². The lowest BCUT2D eigenvalue weighted by Gasteiger charge is -2.34. The first-order valence-electron chi connectivity index (χ1n) is 6.97. The normalized spacial score (nSPS) is 21.0. The third-order valence-corrected chi connectivity index (χ3v) is 3.88. The van der Waals surface area contributed by atoms with Crippen LogP contribution in [0.25, 0.3) is 0 Å². The van der Waals surface area contributed by atoms with Gasteiger partial charge in [0.25, 0.3) is 0 Å². The van der Waals surface area contributed by atoms with E-state index in [1.807, 2.05) is 24.5 Å². The molecule has 2 rings (SSSR count). The third kappa shape index (κ3) is 2.84. The van der Waals surface area contributed by atoms with Crippen LogP contribution in [0.15, 0.2) is 6.07 Å². The van der Waals surface area contributed by atoms with Crippen molar-refractivity contribution in [1.29, 1.82) is 0 Å². The van der Waals surface area contributed by atoms with E-state index in [2.05, 4.69) is 19.2 Å². The molecule has 1 aromatic rings. The highest BCUT2D eigenvalue weighted by atomic mass is 16.3. The molecule has 1 amide bonds. The fraction of sp³-hybridized carbons (Fsp3) is 0.667. The Hall–Kier alpha value is -1.29. The molecule has 4 nitrogen and oxygen atoms in total. The van der Waals surface area contributed by atoms with Crippen molar-refractivity contribution in [3.8, 4) is 0 Å². The molecule has 1 atom stereocenters. The first-order valence-corrected chi connectivity index (χ1v) is 6.97. The molecule has 0 aromatic carbocycles. The lowest BCUT2D eigenvalue weighted by molar-refractivity contribution is -0.121. The number of fused-ring (bicyclic) bond motifs is 1. The zero-order chi connectivity index (χ0) is 14.2. The van der Waals surface area contributed by atoms with Crippen molar-refractivity contribution >= 4 is 5.91 Å². The van der Waals surface area contributed by atoms with Crippen LogP contribution in [0.5, 0.6) is 0 Å². The van der Waals surface area contributed by atoms with Crippen LogP contribution in [0, 0.1) is 12.3 Å². The number of carbonyl (C=O) groups excluding carboxylic acids is 1. The number of nitrogens with one attached hydrogen (secondary N) is 1.